The highest BCUT2D eigenvalue weighted by molar-refractivity contribution is 5.81. The average molecular weight is 228 g/mol. The van der Waals surface area contributed by atoms with Crippen molar-refractivity contribution >= 4 is 17.0 Å². The Morgan fingerprint density at radius 1 is 1.29 bits per heavy atom. The van der Waals surface area contributed by atoms with Crippen molar-refractivity contribution in [1.29, 1.82) is 0 Å². The van der Waals surface area contributed by atoms with Crippen LogP contribution in [0.1, 0.15) is 37.6 Å². The molecule has 0 aliphatic heterocycles. The Labute approximate surface area is 101 Å². The summed E-state index contributed by atoms with van der Waals surface area (Å²) in [6, 6.07) is 7.91. The molecule has 0 saturated heterocycles. The molecule has 0 aliphatic carbocycles. The van der Waals surface area contributed by atoms with E-state index in [9.17, 15) is 5.11 Å². The van der Waals surface area contributed by atoms with Gasteiger partial charge in [-0.2, -0.15) is 10.2 Å². The highest BCUT2D eigenvalue weighted by atomic mass is 16.3. The molecule has 1 N–H and O–H groups in total. The molecular weight excluding hydrogens is 212 g/mol. The first kappa shape index (κ1) is 11.7. The number of aliphatic hydroxyl groups excluding tert-OH is 1. The predicted octanol–water partition coefficient (Wildman–Crippen LogP) is 3.11. The number of rotatable bonds is 3. The summed E-state index contributed by atoms with van der Waals surface area (Å²) >= 11 is 0. The van der Waals surface area contributed by atoms with Gasteiger partial charge in [0.1, 0.15) is 0 Å². The molecule has 3 nitrogen and oxygen atoms in total. The third-order valence-electron chi connectivity index (χ3n) is 2.60. The Morgan fingerprint density at radius 3 is 2.82 bits per heavy atom. The maximum Gasteiger partial charge on any atom is 0.0950 e. The quantitative estimate of drug-likeness (QED) is 0.878. The van der Waals surface area contributed by atoms with Crippen molar-refractivity contribution in [3.8, 4) is 0 Å². The summed E-state index contributed by atoms with van der Waals surface area (Å²) in [5.41, 5.74) is 2.60. The first-order chi connectivity index (χ1) is 8.20. The zero-order valence-corrected chi connectivity index (χ0v) is 10.1. The van der Waals surface area contributed by atoms with E-state index in [1.165, 1.54) is 0 Å². The number of hydrogen-bond acceptors (Lipinski definition) is 3. The highest BCUT2D eigenvalue weighted by Crippen LogP contribution is 2.18. The molecule has 1 aromatic carbocycles. The van der Waals surface area contributed by atoms with Crippen molar-refractivity contribution in [2.75, 3.05) is 0 Å². The van der Waals surface area contributed by atoms with Crippen LogP contribution < -0.4 is 0 Å². The Morgan fingerprint density at radius 2 is 2.12 bits per heavy atom. The van der Waals surface area contributed by atoms with E-state index < -0.39 is 6.10 Å². The summed E-state index contributed by atoms with van der Waals surface area (Å²) in [6.07, 6.45) is 4.64. The lowest BCUT2D eigenvalue weighted by molar-refractivity contribution is 0.193. The van der Waals surface area contributed by atoms with Gasteiger partial charge in [-0.1, -0.05) is 25.1 Å². The molecule has 0 unspecified atom stereocenters. The van der Waals surface area contributed by atoms with Crippen LogP contribution in [-0.4, -0.2) is 15.3 Å². The van der Waals surface area contributed by atoms with Crippen molar-refractivity contribution in [3.63, 3.8) is 0 Å². The van der Waals surface area contributed by atoms with E-state index in [2.05, 4.69) is 35.3 Å². The van der Waals surface area contributed by atoms with Crippen LogP contribution in [0.3, 0.4) is 0 Å². The topological polar surface area (TPSA) is 46.0 Å². The second-order valence-corrected chi connectivity index (χ2v) is 4.07. The largest absolute Gasteiger partial charge is 0.387 e. The van der Waals surface area contributed by atoms with Crippen LogP contribution in [0.5, 0.6) is 0 Å². The zero-order valence-electron chi connectivity index (χ0n) is 10.1. The number of nitrogens with zero attached hydrogens (tertiary/aromatic N) is 2. The molecular formula is C14H16N2O. The lowest BCUT2D eigenvalue weighted by Gasteiger charge is -2.04. The third-order valence-corrected chi connectivity index (χ3v) is 2.60. The highest BCUT2D eigenvalue weighted by Gasteiger charge is 2.04. The Balaban J connectivity index is 2.47. The summed E-state index contributed by atoms with van der Waals surface area (Å²) < 4.78 is 0. The third kappa shape index (κ3) is 2.68. The first-order valence-electron chi connectivity index (χ1n) is 5.82. The molecule has 3 heteroatoms. The van der Waals surface area contributed by atoms with Gasteiger partial charge in [-0.3, -0.25) is 0 Å². The fourth-order valence-electron chi connectivity index (χ4n) is 1.64. The van der Waals surface area contributed by atoms with Crippen LogP contribution in [0.25, 0.3) is 17.0 Å². The molecule has 0 aliphatic rings. The number of fused-ring (bicyclic) bond motifs is 1. The van der Waals surface area contributed by atoms with Gasteiger partial charge in [0.25, 0.3) is 0 Å². The Hall–Kier alpha value is -1.74. The monoisotopic (exact) mass is 228 g/mol. The van der Waals surface area contributed by atoms with Gasteiger partial charge < -0.3 is 5.11 Å². The van der Waals surface area contributed by atoms with Gasteiger partial charge in [-0.05, 0) is 37.1 Å². The van der Waals surface area contributed by atoms with Crippen molar-refractivity contribution in [3.05, 3.63) is 41.6 Å². The summed E-state index contributed by atoms with van der Waals surface area (Å²) in [7, 11) is 0. The molecule has 0 radical (unpaired) electrons. The molecule has 0 spiro atoms. The van der Waals surface area contributed by atoms with E-state index in [-0.39, 0.29) is 0 Å². The molecule has 17 heavy (non-hydrogen) atoms. The minimum Gasteiger partial charge on any atom is -0.387 e. The Kier molecular flexibility index (Phi) is 3.49. The van der Waals surface area contributed by atoms with Crippen LogP contribution >= 0.6 is 0 Å². The number of aliphatic hydroxyl groups is 1. The van der Waals surface area contributed by atoms with E-state index in [0.717, 1.165) is 22.9 Å². The van der Waals surface area contributed by atoms with Gasteiger partial charge in [0.05, 0.1) is 17.3 Å². The minimum absolute atomic E-state index is 0.582. The predicted molar refractivity (Wildman–Crippen MR) is 69.5 cm³/mol. The van der Waals surface area contributed by atoms with E-state index in [4.69, 9.17) is 0 Å². The van der Waals surface area contributed by atoms with Crippen LogP contribution in [0.4, 0.5) is 0 Å². The molecule has 1 heterocycles. The molecule has 0 fully saturated rings. The van der Waals surface area contributed by atoms with E-state index in [1.54, 1.807) is 6.92 Å². The second-order valence-electron chi connectivity index (χ2n) is 4.07. The molecule has 0 amide bonds. The van der Waals surface area contributed by atoms with Gasteiger partial charge >= 0.3 is 0 Å². The van der Waals surface area contributed by atoms with Crippen LogP contribution in [0.15, 0.2) is 30.3 Å². The number of allylic oxidation sites excluding steroid dienone is 1. The molecule has 2 aromatic rings. The lowest BCUT2D eigenvalue weighted by Crippen LogP contribution is -1.97. The average Bonchev–Trinajstić information content (AvgIpc) is 2.35. The summed E-state index contributed by atoms with van der Waals surface area (Å²) in [6.45, 7) is 3.80. The van der Waals surface area contributed by atoms with E-state index in [0.29, 0.717) is 5.69 Å². The van der Waals surface area contributed by atoms with Gasteiger partial charge in [0.2, 0.25) is 0 Å². The maximum absolute atomic E-state index is 9.48. The first-order valence-corrected chi connectivity index (χ1v) is 5.82. The summed E-state index contributed by atoms with van der Waals surface area (Å²) in [4.78, 5) is 0. The molecule has 2 rings (SSSR count). The molecule has 0 bridgehead atoms. The molecule has 0 saturated carbocycles. The number of hydrogen-bond donors (Lipinski definition) is 1. The van der Waals surface area contributed by atoms with Crippen molar-refractivity contribution in [1.82, 2.24) is 10.2 Å². The van der Waals surface area contributed by atoms with Crippen molar-refractivity contribution in [2.45, 2.75) is 26.4 Å². The van der Waals surface area contributed by atoms with Crippen LogP contribution in [0, 0.1) is 0 Å². The minimum atomic E-state index is -0.582. The van der Waals surface area contributed by atoms with Crippen LogP contribution in [0.2, 0.25) is 0 Å². The fourth-order valence-corrected chi connectivity index (χ4v) is 1.64. The number of benzene rings is 1. The van der Waals surface area contributed by atoms with E-state index >= 15 is 0 Å². The van der Waals surface area contributed by atoms with Gasteiger partial charge in [-0.25, -0.2) is 0 Å². The zero-order chi connectivity index (χ0) is 12.3. The molecule has 88 valence electrons. The maximum atomic E-state index is 9.48. The second kappa shape index (κ2) is 5.06. The molecule has 1 aromatic heterocycles. The molecule has 1 atom stereocenters. The van der Waals surface area contributed by atoms with E-state index in [1.807, 2.05) is 18.2 Å². The van der Waals surface area contributed by atoms with Crippen molar-refractivity contribution < 1.29 is 5.11 Å². The standard InChI is InChI=1S/C14H16N2O/c1-3-4-5-11-6-7-13-12(8-11)9-14(10(2)17)16-15-13/h4-10,17H,3H2,1-2H3/b5-4+/t10-/m1/s1. The SMILES string of the molecule is CC/C=C/c1ccc2nnc([C@@H](C)O)cc2c1. The Bertz CT molecular complexity index is 547. The van der Waals surface area contributed by atoms with Crippen molar-refractivity contribution in [2.24, 2.45) is 0 Å². The van der Waals surface area contributed by atoms with Gasteiger partial charge in [-0.15, -0.1) is 0 Å². The normalized spacial score (nSPS) is 13.4. The summed E-state index contributed by atoms with van der Waals surface area (Å²) in [5, 5.41) is 18.6. The smallest absolute Gasteiger partial charge is 0.0950 e. The van der Waals surface area contributed by atoms with Gasteiger partial charge in [0.15, 0.2) is 0 Å². The lowest BCUT2D eigenvalue weighted by atomic mass is 10.1. The fraction of sp³-hybridized carbons (Fsp3) is 0.286. The summed E-state index contributed by atoms with van der Waals surface area (Å²) in [5.74, 6) is 0. The van der Waals surface area contributed by atoms with Gasteiger partial charge in [0, 0.05) is 5.39 Å². The number of aromatic nitrogens is 2. The van der Waals surface area contributed by atoms with Crippen LogP contribution in [-0.2, 0) is 0 Å².